The SMILES string of the molecule is CCC1CCCCN1C(=O)c1ccc(OC2CCOCC2)nc1. The predicted molar refractivity (Wildman–Crippen MR) is 87.7 cm³/mol. The normalized spacial score (nSPS) is 22.8. The summed E-state index contributed by atoms with van der Waals surface area (Å²) in [7, 11) is 0. The van der Waals surface area contributed by atoms with Crippen LogP contribution < -0.4 is 4.74 Å². The van der Waals surface area contributed by atoms with Crippen LogP contribution in [-0.4, -0.2) is 47.7 Å². The number of amides is 1. The van der Waals surface area contributed by atoms with Crippen molar-refractivity contribution in [1.29, 1.82) is 0 Å². The van der Waals surface area contributed by atoms with Crippen LogP contribution in [0.1, 0.15) is 55.8 Å². The van der Waals surface area contributed by atoms with Gasteiger partial charge in [-0.3, -0.25) is 4.79 Å². The van der Waals surface area contributed by atoms with E-state index in [1.165, 1.54) is 6.42 Å². The Balaban J connectivity index is 1.62. The minimum Gasteiger partial charge on any atom is -0.474 e. The number of likely N-dealkylation sites (tertiary alicyclic amines) is 1. The molecule has 3 rings (SSSR count). The quantitative estimate of drug-likeness (QED) is 0.856. The Morgan fingerprint density at radius 3 is 2.83 bits per heavy atom. The summed E-state index contributed by atoms with van der Waals surface area (Å²) in [5.41, 5.74) is 0.657. The lowest BCUT2D eigenvalue weighted by molar-refractivity contribution is 0.0237. The summed E-state index contributed by atoms with van der Waals surface area (Å²) < 4.78 is 11.2. The van der Waals surface area contributed by atoms with Crippen molar-refractivity contribution in [2.75, 3.05) is 19.8 Å². The molecule has 0 aliphatic carbocycles. The second-order valence-electron chi connectivity index (χ2n) is 6.37. The number of carbonyl (C=O) groups is 1. The zero-order chi connectivity index (χ0) is 16.1. The lowest BCUT2D eigenvalue weighted by atomic mass is 9.99. The summed E-state index contributed by atoms with van der Waals surface area (Å²) in [5.74, 6) is 0.695. The maximum atomic E-state index is 12.7. The number of pyridine rings is 1. The van der Waals surface area contributed by atoms with Crippen LogP contribution in [0.25, 0.3) is 0 Å². The Kier molecular flexibility index (Phi) is 5.49. The Bertz CT molecular complexity index is 512. The molecule has 1 amide bonds. The van der Waals surface area contributed by atoms with Gasteiger partial charge in [0.2, 0.25) is 5.88 Å². The van der Waals surface area contributed by atoms with Crippen LogP contribution in [0.5, 0.6) is 5.88 Å². The van der Waals surface area contributed by atoms with E-state index < -0.39 is 0 Å². The second kappa shape index (κ2) is 7.77. The number of nitrogens with zero attached hydrogens (tertiary/aromatic N) is 2. The molecule has 0 N–H and O–H groups in total. The number of piperidine rings is 1. The number of aromatic nitrogens is 1. The van der Waals surface area contributed by atoms with Crippen molar-refractivity contribution in [3.05, 3.63) is 23.9 Å². The third-order valence-corrected chi connectivity index (χ3v) is 4.80. The van der Waals surface area contributed by atoms with Crippen LogP contribution in [0, 0.1) is 0 Å². The molecule has 0 spiro atoms. The van der Waals surface area contributed by atoms with Crippen LogP contribution in [0.3, 0.4) is 0 Å². The molecule has 0 saturated carbocycles. The molecule has 5 heteroatoms. The third-order valence-electron chi connectivity index (χ3n) is 4.80. The molecule has 1 atom stereocenters. The second-order valence-corrected chi connectivity index (χ2v) is 6.37. The van der Waals surface area contributed by atoms with E-state index in [1.807, 2.05) is 17.0 Å². The minimum absolute atomic E-state index is 0.0988. The molecule has 1 aromatic heterocycles. The maximum Gasteiger partial charge on any atom is 0.255 e. The van der Waals surface area contributed by atoms with Gasteiger partial charge in [0.25, 0.3) is 5.91 Å². The largest absolute Gasteiger partial charge is 0.474 e. The molecule has 23 heavy (non-hydrogen) atoms. The number of hydrogen-bond donors (Lipinski definition) is 0. The lowest BCUT2D eigenvalue weighted by Gasteiger charge is -2.35. The predicted octanol–water partition coefficient (Wildman–Crippen LogP) is 3.04. The van der Waals surface area contributed by atoms with Gasteiger partial charge in [-0.15, -0.1) is 0 Å². The van der Waals surface area contributed by atoms with E-state index in [0.29, 0.717) is 17.5 Å². The fraction of sp³-hybridized carbons (Fsp3) is 0.667. The van der Waals surface area contributed by atoms with E-state index in [4.69, 9.17) is 9.47 Å². The van der Waals surface area contributed by atoms with Gasteiger partial charge in [-0.05, 0) is 31.7 Å². The first-order valence-electron chi connectivity index (χ1n) is 8.79. The van der Waals surface area contributed by atoms with Gasteiger partial charge in [0.15, 0.2) is 0 Å². The fourth-order valence-electron chi connectivity index (χ4n) is 3.40. The number of rotatable bonds is 4. The first kappa shape index (κ1) is 16.2. The Labute approximate surface area is 138 Å². The van der Waals surface area contributed by atoms with E-state index >= 15 is 0 Å². The van der Waals surface area contributed by atoms with Crippen LogP contribution in [0.2, 0.25) is 0 Å². The van der Waals surface area contributed by atoms with Crippen molar-refractivity contribution in [3.8, 4) is 5.88 Å². The Hall–Kier alpha value is -1.62. The zero-order valence-corrected chi connectivity index (χ0v) is 13.9. The summed E-state index contributed by atoms with van der Waals surface area (Å²) in [6.45, 7) is 4.50. The van der Waals surface area contributed by atoms with E-state index in [2.05, 4.69) is 11.9 Å². The van der Waals surface area contributed by atoms with Gasteiger partial charge in [0.05, 0.1) is 18.8 Å². The number of hydrogen-bond acceptors (Lipinski definition) is 4. The monoisotopic (exact) mass is 318 g/mol. The average Bonchev–Trinajstić information content (AvgIpc) is 2.62. The number of ether oxygens (including phenoxy) is 2. The van der Waals surface area contributed by atoms with Crippen molar-refractivity contribution in [2.45, 2.75) is 57.6 Å². The minimum atomic E-state index is 0.0988. The molecule has 2 saturated heterocycles. The van der Waals surface area contributed by atoms with Crippen molar-refractivity contribution >= 4 is 5.91 Å². The summed E-state index contributed by atoms with van der Waals surface area (Å²) in [4.78, 5) is 19.0. The van der Waals surface area contributed by atoms with Gasteiger partial charge in [-0.25, -0.2) is 4.98 Å². The molecule has 0 bridgehead atoms. The molecule has 2 aliphatic rings. The molecule has 1 aromatic rings. The molecule has 3 heterocycles. The summed E-state index contributed by atoms with van der Waals surface area (Å²) in [6, 6.07) is 4.02. The van der Waals surface area contributed by atoms with Crippen molar-refractivity contribution in [3.63, 3.8) is 0 Å². The highest BCUT2D eigenvalue weighted by atomic mass is 16.5. The van der Waals surface area contributed by atoms with E-state index in [-0.39, 0.29) is 12.0 Å². The van der Waals surface area contributed by atoms with Crippen LogP contribution >= 0.6 is 0 Å². The number of carbonyl (C=O) groups excluding carboxylic acids is 1. The molecular formula is C18H26N2O3. The van der Waals surface area contributed by atoms with Gasteiger partial charge in [-0.1, -0.05) is 6.92 Å². The van der Waals surface area contributed by atoms with Crippen molar-refractivity contribution in [2.24, 2.45) is 0 Å². The van der Waals surface area contributed by atoms with Crippen LogP contribution in [0.15, 0.2) is 18.3 Å². The molecule has 2 fully saturated rings. The Morgan fingerprint density at radius 2 is 2.13 bits per heavy atom. The summed E-state index contributed by atoms with van der Waals surface area (Å²) in [6.07, 6.45) is 8.06. The topological polar surface area (TPSA) is 51.7 Å². The zero-order valence-electron chi connectivity index (χ0n) is 13.9. The molecule has 5 nitrogen and oxygen atoms in total. The molecule has 0 aromatic carbocycles. The Morgan fingerprint density at radius 1 is 1.30 bits per heavy atom. The van der Waals surface area contributed by atoms with Crippen molar-refractivity contribution in [1.82, 2.24) is 9.88 Å². The third kappa shape index (κ3) is 4.02. The van der Waals surface area contributed by atoms with E-state index in [1.54, 1.807) is 6.20 Å². The van der Waals surface area contributed by atoms with Gasteiger partial charge in [-0.2, -0.15) is 0 Å². The maximum absolute atomic E-state index is 12.7. The van der Waals surface area contributed by atoms with Crippen molar-refractivity contribution < 1.29 is 14.3 Å². The smallest absolute Gasteiger partial charge is 0.255 e. The molecule has 126 valence electrons. The van der Waals surface area contributed by atoms with Gasteiger partial charge in [0.1, 0.15) is 6.10 Å². The van der Waals surface area contributed by atoms with Gasteiger partial charge < -0.3 is 14.4 Å². The van der Waals surface area contributed by atoms with E-state index in [0.717, 1.165) is 51.9 Å². The lowest BCUT2D eigenvalue weighted by Crippen LogP contribution is -2.43. The standard InChI is InChI=1S/C18H26N2O3/c1-2-15-5-3-4-10-20(15)18(21)14-6-7-17(19-13-14)23-16-8-11-22-12-9-16/h6-7,13,15-16H,2-5,8-12H2,1H3. The fourth-order valence-corrected chi connectivity index (χ4v) is 3.40. The highest BCUT2D eigenvalue weighted by Gasteiger charge is 2.26. The molecular weight excluding hydrogens is 292 g/mol. The first-order valence-corrected chi connectivity index (χ1v) is 8.79. The molecule has 2 aliphatic heterocycles. The molecule has 1 unspecified atom stereocenters. The van der Waals surface area contributed by atoms with Gasteiger partial charge in [0, 0.05) is 37.7 Å². The van der Waals surface area contributed by atoms with E-state index in [9.17, 15) is 4.79 Å². The average molecular weight is 318 g/mol. The van der Waals surface area contributed by atoms with Crippen LogP contribution in [-0.2, 0) is 4.74 Å². The first-order chi connectivity index (χ1) is 11.3. The van der Waals surface area contributed by atoms with Crippen LogP contribution in [0.4, 0.5) is 0 Å². The van der Waals surface area contributed by atoms with Gasteiger partial charge >= 0.3 is 0 Å². The highest BCUT2D eigenvalue weighted by molar-refractivity contribution is 5.94. The summed E-state index contributed by atoms with van der Waals surface area (Å²) >= 11 is 0. The summed E-state index contributed by atoms with van der Waals surface area (Å²) in [5, 5.41) is 0. The molecule has 0 radical (unpaired) electrons. The highest BCUT2D eigenvalue weighted by Crippen LogP contribution is 2.22.